The van der Waals surface area contributed by atoms with Crippen LogP contribution in [0.1, 0.15) is 83.2 Å². The number of hydrogen-bond donors (Lipinski definition) is 3. The SMILES string of the molecule is CN1CCN([C@@H]2CCCN(c3cnc(C(N)=O)c(Nc4ccc(C5CCN(C[C@@H]6Cc7ccc8c(C9CCC(=O)NC9=O)noc8c7C6)CC5)cc4)n3)C2)C1=O. The maximum absolute atomic E-state index is 12.7. The summed E-state index contributed by atoms with van der Waals surface area (Å²) < 4.78 is 5.86. The summed E-state index contributed by atoms with van der Waals surface area (Å²) in [6, 6.07) is 12.7. The van der Waals surface area contributed by atoms with Gasteiger partial charge in [0, 0.05) is 62.8 Å². The highest BCUT2D eigenvalue weighted by molar-refractivity contribution is 6.02. The summed E-state index contributed by atoms with van der Waals surface area (Å²) in [6.45, 7) is 5.99. The van der Waals surface area contributed by atoms with Gasteiger partial charge in [0.2, 0.25) is 11.8 Å². The third-order valence-electron chi connectivity index (χ3n) is 12.6. The average Bonchev–Trinajstić information content (AvgIpc) is 3.91. The molecule has 0 saturated carbocycles. The quantitative estimate of drug-likeness (QED) is 0.210. The molecule has 1 aliphatic carbocycles. The Morgan fingerprint density at radius 3 is 2.55 bits per heavy atom. The molecule has 4 N–H and O–H groups in total. The smallest absolute Gasteiger partial charge is 0.320 e. The van der Waals surface area contributed by atoms with E-state index in [-0.39, 0.29) is 29.6 Å². The van der Waals surface area contributed by atoms with Crippen molar-refractivity contribution in [1.82, 2.24) is 35.1 Å². The Labute approximate surface area is 324 Å². The zero-order valence-corrected chi connectivity index (χ0v) is 31.7. The number of primary amides is 1. The lowest BCUT2D eigenvalue weighted by molar-refractivity contribution is -0.134. The van der Waals surface area contributed by atoms with Crippen molar-refractivity contribution in [3.05, 3.63) is 70.7 Å². The molecule has 3 atom stereocenters. The van der Waals surface area contributed by atoms with Crippen LogP contribution in [0.5, 0.6) is 0 Å². The lowest BCUT2D eigenvalue weighted by atomic mass is 9.89. The molecule has 4 aliphatic heterocycles. The Kier molecular flexibility index (Phi) is 9.55. The topological polar surface area (TPSA) is 183 Å². The molecule has 292 valence electrons. The van der Waals surface area contributed by atoms with E-state index in [4.69, 9.17) is 15.2 Å². The van der Waals surface area contributed by atoms with Gasteiger partial charge in [0.25, 0.3) is 5.91 Å². The molecular weight excluding hydrogens is 713 g/mol. The van der Waals surface area contributed by atoms with Gasteiger partial charge < -0.3 is 35.2 Å². The number of carbonyl (C=O) groups excluding carboxylic acids is 4. The van der Waals surface area contributed by atoms with Gasteiger partial charge in [-0.3, -0.25) is 19.7 Å². The number of amides is 5. The number of anilines is 3. The second-order valence-electron chi connectivity index (χ2n) is 16.2. The third kappa shape index (κ3) is 6.92. The zero-order chi connectivity index (χ0) is 38.5. The summed E-state index contributed by atoms with van der Waals surface area (Å²) in [4.78, 5) is 66.9. The fourth-order valence-electron chi connectivity index (χ4n) is 9.55. The van der Waals surface area contributed by atoms with Crippen LogP contribution in [0.3, 0.4) is 0 Å². The summed E-state index contributed by atoms with van der Waals surface area (Å²) in [6.07, 6.45) is 8.30. The number of likely N-dealkylation sites (N-methyl/N-ethyl adjacent to an activating group) is 1. The van der Waals surface area contributed by atoms with Gasteiger partial charge in [0.1, 0.15) is 11.5 Å². The van der Waals surface area contributed by atoms with Crippen molar-refractivity contribution in [2.24, 2.45) is 11.7 Å². The lowest BCUT2D eigenvalue weighted by Gasteiger charge is -2.37. The predicted octanol–water partition coefficient (Wildman–Crippen LogP) is 3.91. The van der Waals surface area contributed by atoms with E-state index in [2.05, 4.69) is 48.8 Å². The van der Waals surface area contributed by atoms with Crippen molar-refractivity contribution in [3.8, 4) is 0 Å². The van der Waals surface area contributed by atoms with Gasteiger partial charge >= 0.3 is 6.03 Å². The van der Waals surface area contributed by atoms with Crippen molar-refractivity contribution in [2.45, 2.75) is 69.2 Å². The third-order valence-corrected chi connectivity index (χ3v) is 12.6. The van der Waals surface area contributed by atoms with Crippen LogP contribution >= 0.6 is 0 Å². The van der Waals surface area contributed by atoms with Crippen molar-refractivity contribution in [3.63, 3.8) is 0 Å². The van der Waals surface area contributed by atoms with Gasteiger partial charge in [0.05, 0.1) is 18.2 Å². The molecular formula is C41H48N10O5. The van der Waals surface area contributed by atoms with Gasteiger partial charge in [0.15, 0.2) is 17.1 Å². The highest BCUT2D eigenvalue weighted by Gasteiger charge is 2.36. The van der Waals surface area contributed by atoms with Gasteiger partial charge in [-0.1, -0.05) is 23.4 Å². The summed E-state index contributed by atoms with van der Waals surface area (Å²) in [5, 5.41) is 11.0. The number of piperidine rings is 3. The number of likely N-dealkylation sites (tertiary alicyclic amines) is 1. The number of hydrogen-bond acceptors (Lipinski definition) is 11. The highest BCUT2D eigenvalue weighted by Crippen LogP contribution is 2.39. The van der Waals surface area contributed by atoms with Crippen LogP contribution in [0.25, 0.3) is 11.0 Å². The Hall–Kier alpha value is -5.57. The Morgan fingerprint density at radius 1 is 0.982 bits per heavy atom. The first-order valence-corrected chi connectivity index (χ1v) is 19.9. The summed E-state index contributed by atoms with van der Waals surface area (Å²) in [7, 11) is 1.84. The number of urea groups is 1. The minimum absolute atomic E-state index is 0.0686. The largest absolute Gasteiger partial charge is 0.364 e. The molecule has 1 unspecified atom stereocenters. The number of nitrogens with zero attached hydrogens (tertiary/aromatic N) is 7. The second kappa shape index (κ2) is 14.8. The van der Waals surface area contributed by atoms with Crippen LogP contribution in [-0.2, 0) is 22.4 Å². The van der Waals surface area contributed by atoms with Gasteiger partial charge in [-0.2, -0.15) is 0 Å². The molecule has 0 radical (unpaired) electrons. The number of rotatable bonds is 9. The highest BCUT2D eigenvalue weighted by atomic mass is 16.5. The molecule has 2 aromatic carbocycles. The molecule has 15 heteroatoms. The Balaban J connectivity index is 0.799. The van der Waals surface area contributed by atoms with Crippen LogP contribution in [-0.4, -0.2) is 112 Å². The molecule has 56 heavy (non-hydrogen) atoms. The van der Waals surface area contributed by atoms with Gasteiger partial charge in [-0.05, 0) is 99.2 Å². The second-order valence-corrected chi connectivity index (χ2v) is 16.2. The number of fused-ring (bicyclic) bond motifs is 3. The van der Waals surface area contributed by atoms with Crippen molar-refractivity contribution in [1.29, 1.82) is 0 Å². The molecule has 0 spiro atoms. The van der Waals surface area contributed by atoms with Crippen LogP contribution in [0.4, 0.5) is 22.1 Å². The summed E-state index contributed by atoms with van der Waals surface area (Å²) in [5.74, 6) is 0.274. The maximum Gasteiger partial charge on any atom is 0.320 e. The molecule has 5 amide bonds. The van der Waals surface area contributed by atoms with Crippen molar-refractivity contribution >= 4 is 52.0 Å². The molecule has 4 aromatic rings. The molecule has 5 aliphatic rings. The van der Waals surface area contributed by atoms with Crippen LogP contribution in [0.2, 0.25) is 0 Å². The van der Waals surface area contributed by atoms with E-state index in [1.807, 2.05) is 30.1 Å². The maximum atomic E-state index is 12.7. The molecule has 6 heterocycles. The monoisotopic (exact) mass is 760 g/mol. The van der Waals surface area contributed by atoms with Crippen LogP contribution in [0.15, 0.2) is 47.1 Å². The first kappa shape index (κ1) is 36.1. The van der Waals surface area contributed by atoms with Crippen molar-refractivity contribution < 1.29 is 23.7 Å². The molecule has 0 bridgehead atoms. The number of imide groups is 1. The van der Waals surface area contributed by atoms with Gasteiger partial charge in [-0.15, -0.1) is 0 Å². The minimum Gasteiger partial charge on any atom is -0.364 e. The normalized spacial score (nSPS) is 23.6. The number of benzene rings is 2. The standard InChI is InChI=1S/C41H48N10O5/c1-48-17-18-51(41(48)55)29-3-2-14-50(23-29)33-21-43-36(38(42)53)39(45-33)44-28-7-4-25(5-8-28)26-12-15-49(16-13-26)22-24-19-27-6-9-30-35(47-56-37(30)32(27)20-24)31-10-11-34(52)46-40(31)54/h4-9,21,24,26,29,31H,2-3,10-20,22-23H2,1H3,(H2,42,53)(H,44,45)(H,46,52,54)/t24-,29-,31?/m1/s1. The Morgan fingerprint density at radius 2 is 1.80 bits per heavy atom. The van der Waals surface area contributed by atoms with E-state index in [0.29, 0.717) is 48.6 Å². The number of nitrogens with two attached hydrogens (primary N) is 1. The fourth-order valence-corrected chi connectivity index (χ4v) is 9.55. The number of carbonyl (C=O) groups is 4. The lowest BCUT2D eigenvalue weighted by Crippen LogP contribution is -2.49. The fraction of sp³-hybridized carbons (Fsp3) is 0.488. The van der Waals surface area contributed by atoms with E-state index in [9.17, 15) is 19.2 Å². The zero-order valence-electron chi connectivity index (χ0n) is 31.7. The van der Waals surface area contributed by atoms with Crippen LogP contribution in [0, 0.1) is 5.92 Å². The molecule has 4 fully saturated rings. The van der Waals surface area contributed by atoms with E-state index in [0.717, 1.165) is 94.5 Å². The summed E-state index contributed by atoms with van der Waals surface area (Å²) in [5.41, 5.74) is 11.8. The molecule has 9 rings (SSSR count). The van der Waals surface area contributed by atoms with Crippen molar-refractivity contribution in [2.75, 3.05) is 63.1 Å². The first-order valence-electron chi connectivity index (χ1n) is 19.9. The molecule has 15 nitrogen and oxygen atoms in total. The first-order chi connectivity index (χ1) is 27.2. The number of nitrogens with one attached hydrogen (secondary N) is 2. The average molecular weight is 761 g/mol. The minimum atomic E-state index is -0.649. The van der Waals surface area contributed by atoms with E-state index >= 15 is 0 Å². The molecule has 2 aromatic heterocycles. The number of aromatic nitrogens is 3. The predicted molar refractivity (Wildman–Crippen MR) is 209 cm³/mol. The van der Waals surface area contributed by atoms with E-state index in [1.54, 1.807) is 11.1 Å². The van der Waals surface area contributed by atoms with E-state index in [1.165, 1.54) is 16.7 Å². The van der Waals surface area contributed by atoms with Crippen LogP contribution < -0.4 is 21.3 Å². The van der Waals surface area contributed by atoms with Gasteiger partial charge in [-0.25, -0.2) is 14.8 Å². The summed E-state index contributed by atoms with van der Waals surface area (Å²) >= 11 is 0. The molecule has 4 saturated heterocycles. The Bertz CT molecular complexity index is 2180. The van der Waals surface area contributed by atoms with E-state index < -0.39 is 11.8 Å².